The van der Waals surface area contributed by atoms with Crippen LogP contribution < -0.4 is 10.4 Å². The van der Waals surface area contributed by atoms with Crippen LogP contribution in [-0.4, -0.2) is 0 Å². The molecule has 0 radical (unpaired) electrons. The normalized spacial score (nSPS) is 8.80. The minimum Gasteiger partial charge on any atom is -0.206 e. The second-order valence-electron chi connectivity index (χ2n) is 3.51. The highest BCUT2D eigenvalue weighted by atomic mass is 127. The first-order valence-electron chi connectivity index (χ1n) is 4.96. The topological polar surface area (TPSA) is 95.2 Å². The lowest BCUT2D eigenvalue weighted by atomic mass is 10.0. The van der Waals surface area contributed by atoms with Gasteiger partial charge in [0.2, 0.25) is 0 Å². The van der Waals surface area contributed by atoms with E-state index in [4.69, 9.17) is 21.0 Å². The van der Waals surface area contributed by atoms with Gasteiger partial charge in [-0.15, -0.1) is 0 Å². The molecule has 4 nitrogen and oxygen atoms in total. The summed E-state index contributed by atoms with van der Waals surface area (Å²) in [5.41, 5.74) is -1.30. The van der Waals surface area contributed by atoms with E-state index in [-0.39, 0.29) is 14.4 Å². The van der Waals surface area contributed by atoms with Gasteiger partial charge >= 0.3 is 0 Å². The molecule has 7 heteroatoms. The molecular formula is C13H3F2IN4. The van der Waals surface area contributed by atoms with Crippen LogP contribution in [0, 0.1) is 67.5 Å². The van der Waals surface area contributed by atoms with Crippen LogP contribution in [0.2, 0.25) is 0 Å². The fourth-order valence-electron chi connectivity index (χ4n) is 1.57. The van der Waals surface area contributed by atoms with Crippen molar-refractivity contribution in [3.8, 4) is 24.3 Å². The first-order chi connectivity index (χ1) is 9.44. The Bertz CT molecular complexity index is 747. The van der Waals surface area contributed by atoms with Gasteiger partial charge in [0, 0.05) is 5.22 Å². The summed E-state index contributed by atoms with van der Waals surface area (Å²) in [6, 6.07) is 5.96. The van der Waals surface area contributed by atoms with E-state index in [2.05, 4.69) is 0 Å². The van der Waals surface area contributed by atoms with E-state index in [9.17, 15) is 8.78 Å². The molecule has 0 spiro atoms. The molecule has 1 aromatic rings. The number of rotatable bonds is 0. The molecule has 0 aliphatic rings. The molecule has 0 aromatic heterocycles. The predicted octanol–water partition coefficient (Wildman–Crippen LogP) is 1.27. The molecule has 1 rings (SSSR count). The Labute approximate surface area is 126 Å². The van der Waals surface area contributed by atoms with Gasteiger partial charge in [-0.3, -0.25) is 0 Å². The molecule has 0 saturated heterocycles. The molecule has 0 aliphatic carbocycles. The van der Waals surface area contributed by atoms with E-state index in [1.54, 1.807) is 12.1 Å². The van der Waals surface area contributed by atoms with Crippen molar-refractivity contribution in [2.75, 3.05) is 0 Å². The number of nitrogens with zero attached hydrogens (tertiary/aromatic N) is 4. The average molecular weight is 380 g/mol. The third kappa shape index (κ3) is 2.32. The van der Waals surface area contributed by atoms with Crippen molar-refractivity contribution in [1.29, 1.82) is 21.0 Å². The van der Waals surface area contributed by atoms with E-state index in [0.717, 1.165) is 0 Å². The standard InChI is InChI=1S/C13H3F2IN4/c1-6-9(7(2-17)3-18)13(16)12(15)10(11(6)14)8(4-19)5-20/h1H3. The van der Waals surface area contributed by atoms with E-state index in [1.807, 2.05) is 0 Å². The highest BCUT2D eigenvalue weighted by molar-refractivity contribution is 14.1. The van der Waals surface area contributed by atoms with Gasteiger partial charge in [0.25, 0.3) is 0 Å². The van der Waals surface area contributed by atoms with Crippen molar-refractivity contribution in [3.05, 3.63) is 31.2 Å². The van der Waals surface area contributed by atoms with E-state index in [1.165, 1.54) is 41.7 Å². The average Bonchev–Trinajstić information content (AvgIpc) is 2.46. The van der Waals surface area contributed by atoms with Crippen LogP contribution in [0.3, 0.4) is 0 Å². The van der Waals surface area contributed by atoms with Crippen molar-refractivity contribution >= 4 is 33.7 Å². The molecular weight excluding hydrogens is 377 g/mol. The van der Waals surface area contributed by atoms with Crippen molar-refractivity contribution in [2.24, 2.45) is 0 Å². The number of nitriles is 4. The minimum absolute atomic E-state index is 0.160. The maximum Gasteiger partial charge on any atom is 0.149 e. The second-order valence-corrected chi connectivity index (χ2v) is 4.59. The molecule has 96 valence electrons. The van der Waals surface area contributed by atoms with Crippen LogP contribution in [0.1, 0.15) is 5.56 Å². The number of hydrogen-bond acceptors (Lipinski definition) is 4. The third-order valence-electron chi connectivity index (χ3n) is 2.50. The van der Waals surface area contributed by atoms with Crippen LogP contribution >= 0.6 is 22.6 Å². The zero-order valence-electron chi connectivity index (χ0n) is 9.92. The number of hydrogen-bond donors (Lipinski definition) is 0. The summed E-state index contributed by atoms with van der Waals surface area (Å²) in [5.74, 6) is -2.26. The van der Waals surface area contributed by atoms with Gasteiger partial charge in [-0.1, -0.05) is 0 Å². The molecule has 0 heterocycles. The zero-order chi connectivity index (χ0) is 15.4. The summed E-state index contributed by atoms with van der Waals surface area (Å²) in [4.78, 5) is 0. The largest absolute Gasteiger partial charge is 0.206 e. The molecule has 0 aliphatic heterocycles. The summed E-state index contributed by atoms with van der Waals surface area (Å²) in [6.45, 7) is 1.25. The Morgan fingerprint density at radius 3 is 1.65 bits per heavy atom. The monoisotopic (exact) mass is 380 g/mol. The van der Waals surface area contributed by atoms with Crippen LogP contribution in [0.4, 0.5) is 8.78 Å². The highest BCUT2D eigenvalue weighted by Crippen LogP contribution is 2.10. The second kappa shape index (κ2) is 6.10. The molecule has 0 fully saturated rings. The molecule has 0 atom stereocenters. The summed E-state index contributed by atoms with van der Waals surface area (Å²) < 4.78 is 28.1. The Kier molecular flexibility index (Phi) is 4.75. The minimum atomic E-state index is -1.13. The third-order valence-corrected chi connectivity index (χ3v) is 3.52. The quantitative estimate of drug-likeness (QED) is 0.501. The zero-order valence-corrected chi connectivity index (χ0v) is 12.1. The van der Waals surface area contributed by atoms with Crippen molar-refractivity contribution in [3.63, 3.8) is 0 Å². The lowest BCUT2D eigenvalue weighted by Gasteiger charge is -2.05. The number of benzene rings is 1. The summed E-state index contributed by atoms with van der Waals surface area (Å²) >= 11 is 1.50. The first kappa shape index (κ1) is 15.6. The lowest BCUT2D eigenvalue weighted by molar-refractivity contribution is 0.554. The molecule has 0 amide bonds. The lowest BCUT2D eigenvalue weighted by Crippen LogP contribution is -2.29. The molecule has 0 unspecified atom stereocenters. The molecule has 0 N–H and O–H groups in total. The van der Waals surface area contributed by atoms with Gasteiger partial charge in [-0.05, 0) is 35.1 Å². The van der Waals surface area contributed by atoms with Crippen molar-refractivity contribution < 1.29 is 8.78 Å². The summed E-state index contributed by atoms with van der Waals surface area (Å²) in [5, 5.41) is 34.2. The Balaban J connectivity index is 4.35. The summed E-state index contributed by atoms with van der Waals surface area (Å²) in [7, 11) is 0. The smallest absolute Gasteiger partial charge is 0.149 e. The van der Waals surface area contributed by atoms with Gasteiger partial charge in [0.05, 0.1) is 8.79 Å². The Morgan fingerprint density at radius 1 is 0.850 bits per heavy atom. The maximum atomic E-state index is 14.2. The molecule has 0 saturated carbocycles. The van der Waals surface area contributed by atoms with Crippen LogP contribution in [-0.2, 0) is 0 Å². The highest BCUT2D eigenvalue weighted by Gasteiger charge is 2.18. The maximum absolute atomic E-state index is 14.2. The van der Waals surface area contributed by atoms with Gasteiger partial charge in [0.1, 0.15) is 47.1 Å². The van der Waals surface area contributed by atoms with Crippen LogP contribution in [0.5, 0.6) is 0 Å². The Morgan fingerprint density at radius 2 is 1.25 bits per heavy atom. The first-order valence-corrected chi connectivity index (χ1v) is 6.04. The van der Waals surface area contributed by atoms with E-state index < -0.39 is 28.0 Å². The van der Waals surface area contributed by atoms with Crippen LogP contribution in [0.25, 0.3) is 11.1 Å². The SMILES string of the molecule is Cc1c(F)c(=C(C#N)C#N)c(F)c(I)c1=C(C#N)C#N. The number of halogens is 3. The fraction of sp³-hybridized carbons (Fsp3) is 0.0769. The fourth-order valence-corrected chi connectivity index (χ4v) is 2.51. The van der Waals surface area contributed by atoms with Crippen LogP contribution in [0.15, 0.2) is 0 Å². The van der Waals surface area contributed by atoms with E-state index >= 15 is 0 Å². The van der Waals surface area contributed by atoms with E-state index in [0.29, 0.717) is 0 Å². The van der Waals surface area contributed by atoms with Crippen molar-refractivity contribution in [2.45, 2.75) is 6.92 Å². The van der Waals surface area contributed by atoms with Gasteiger partial charge in [-0.25, -0.2) is 8.78 Å². The van der Waals surface area contributed by atoms with Gasteiger partial charge in [-0.2, -0.15) is 21.0 Å². The summed E-state index contributed by atoms with van der Waals surface area (Å²) in [6.07, 6.45) is 0. The predicted molar refractivity (Wildman–Crippen MR) is 72.3 cm³/mol. The molecule has 0 bridgehead atoms. The molecule has 20 heavy (non-hydrogen) atoms. The molecule has 1 aromatic carbocycles. The van der Waals surface area contributed by atoms with Crippen molar-refractivity contribution in [1.82, 2.24) is 0 Å². The Hall–Kier alpha value is -2.49. The van der Waals surface area contributed by atoms with Gasteiger partial charge in [0.15, 0.2) is 0 Å². The van der Waals surface area contributed by atoms with Gasteiger partial charge < -0.3 is 0 Å².